The monoisotopic (exact) mass is 134 g/mol. The van der Waals surface area contributed by atoms with E-state index in [4.69, 9.17) is 15.7 Å². The van der Waals surface area contributed by atoms with E-state index < -0.39 is 30.1 Å². The molecule has 9 heavy (non-hydrogen) atoms. The van der Waals surface area contributed by atoms with Gasteiger partial charge in [-0.2, -0.15) is 0 Å². The number of hydrogen-bond acceptors (Lipinski definition) is 2. The van der Waals surface area contributed by atoms with Gasteiger partial charge in [-0.15, -0.1) is 0 Å². The van der Waals surface area contributed by atoms with E-state index in [0.717, 1.165) is 0 Å². The summed E-state index contributed by atoms with van der Waals surface area (Å²) in [5.41, 5.74) is -2.96. The Labute approximate surface area is 56.7 Å². The van der Waals surface area contributed by atoms with E-state index in [1.54, 1.807) is 0 Å². The van der Waals surface area contributed by atoms with Crippen molar-refractivity contribution in [1.29, 1.82) is 0 Å². The fraction of sp³-hybridized carbons (Fsp3) is 0.600. The van der Waals surface area contributed by atoms with E-state index >= 15 is 0 Å². The average molecular weight is 134 g/mol. The summed E-state index contributed by atoms with van der Waals surface area (Å²) < 4.78 is 27.8. The van der Waals surface area contributed by atoms with Crippen molar-refractivity contribution in [3.8, 4) is 0 Å². The number of hydrogen-bond donors (Lipinski definition) is 2. The highest BCUT2D eigenvalue weighted by Gasteiger charge is 2.57. The number of carboxylic acid groups (broad SMARTS) is 2. The standard InChI is InChI=1S/C5H6O4/c6-3(7)5(1-2-5)4(8)9/h1-2H2,(H,6,7)(H,8,9)/i1D2,2D2. The summed E-state index contributed by atoms with van der Waals surface area (Å²) in [6, 6.07) is 0. The molecular formula is C5H6O4. The third-order valence-corrected chi connectivity index (χ3v) is 1.02. The van der Waals surface area contributed by atoms with Crippen LogP contribution in [0.25, 0.3) is 0 Å². The van der Waals surface area contributed by atoms with Gasteiger partial charge in [-0.3, -0.25) is 9.59 Å². The normalized spacial score (nSPS) is 38.7. The minimum absolute atomic E-state index is 1.99. The van der Waals surface area contributed by atoms with E-state index in [0.29, 0.717) is 0 Å². The van der Waals surface area contributed by atoms with Crippen LogP contribution in [0.15, 0.2) is 0 Å². The average Bonchev–Trinajstić information content (AvgIpc) is 2.18. The minimum Gasteiger partial charge on any atom is -0.480 e. The van der Waals surface area contributed by atoms with Gasteiger partial charge in [0.05, 0.1) is 0 Å². The molecule has 0 amide bonds. The van der Waals surface area contributed by atoms with Crippen molar-refractivity contribution in [2.75, 3.05) is 0 Å². The second-order valence-corrected chi connectivity index (χ2v) is 1.61. The number of carbonyl (C=O) groups is 2. The zero-order valence-electron chi connectivity index (χ0n) is 8.21. The number of rotatable bonds is 2. The second kappa shape index (κ2) is 1.46. The van der Waals surface area contributed by atoms with E-state index in [-0.39, 0.29) is 0 Å². The third-order valence-electron chi connectivity index (χ3n) is 1.02. The van der Waals surface area contributed by atoms with Gasteiger partial charge < -0.3 is 10.2 Å². The van der Waals surface area contributed by atoms with E-state index in [9.17, 15) is 9.59 Å². The van der Waals surface area contributed by atoms with Crippen LogP contribution in [0.4, 0.5) is 0 Å². The van der Waals surface area contributed by atoms with E-state index in [1.165, 1.54) is 0 Å². The Morgan fingerprint density at radius 3 is 1.67 bits per heavy atom. The molecule has 0 heterocycles. The van der Waals surface area contributed by atoms with Crippen LogP contribution in [0.2, 0.25) is 0 Å². The minimum atomic E-state index is -2.96. The largest absolute Gasteiger partial charge is 0.480 e. The summed E-state index contributed by atoms with van der Waals surface area (Å²) in [6.45, 7) is 0. The Balaban J connectivity index is 3.29. The molecule has 0 saturated heterocycles. The first-order valence-corrected chi connectivity index (χ1v) is 2.11. The highest BCUT2D eigenvalue weighted by Crippen LogP contribution is 2.45. The smallest absolute Gasteiger partial charge is 0.321 e. The lowest BCUT2D eigenvalue weighted by molar-refractivity contribution is -0.156. The molecule has 1 aliphatic rings. The van der Waals surface area contributed by atoms with Crippen LogP contribution in [0.5, 0.6) is 0 Å². The molecule has 0 aromatic carbocycles. The first-order valence-electron chi connectivity index (χ1n) is 4.11. The molecule has 0 aliphatic heterocycles. The van der Waals surface area contributed by atoms with Crippen LogP contribution < -0.4 is 0 Å². The molecule has 0 unspecified atom stereocenters. The third kappa shape index (κ3) is 0.667. The molecule has 0 aromatic heterocycles. The molecule has 0 spiro atoms. The molecule has 0 aromatic rings. The van der Waals surface area contributed by atoms with Gasteiger partial charge in [0.2, 0.25) is 0 Å². The Kier molecular flexibility index (Phi) is 0.436. The fourth-order valence-corrected chi connectivity index (χ4v) is 0.368. The summed E-state index contributed by atoms with van der Waals surface area (Å²) >= 11 is 0. The summed E-state index contributed by atoms with van der Waals surface area (Å²) in [7, 11) is 0. The van der Waals surface area contributed by atoms with Crippen molar-refractivity contribution >= 4 is 11.9 Å². The predicted octanol–water partition coefficient (Wildman–Crippen LogP) is -0.0642. The van der Waals surface area contributed by atoms with Crippen molar-refractivity contribution in [3.63, 3.8) is 0 Å². The maximum absolute atomic E-state index is 10.5. The molecule has 4 nitrogen and oxygen atoms in total. The topological polar surface area (TPSA) is 74.6 Å². The summed E-state index contributed by atoms with van der Waals surface area (Å²) in [5, 5.41) is 17.0. The lowest BCUT2D eigenvalue weighted by Crippen LogP contribution is -2.24. The zero-order valence-corrected chi connectivity index (χ0v) is 4.21. The van der Waals surface area contributed by atoms with Gasteiger partial charge in [0, 0.05) is 5.48 Å². The Bertz CT molecular complexity index is 267. The summed E-state index contributed by atoms with van der Waals surface area (Å²) in [5.74, 6) is -3.98. The zero-order chi connectivity index (χ0) is 10.7. The first kappa shape index (κ1) is 2.68. The summed E-state index contributed by atoms with van der Waals surface area (Å²) in [4.78, 5) is 21.0. The molecule has 1 saturated carbocycles. The predicted molar refractivity (Wildman–Crippen MR) is 26.9 cm³/mol. The van der Waals surface area contributed by atoms with Crippen LogP contribution in [0.1, 0.15) is 18.2 Å². The molecular weight excluding hydrogens is 124 g/mol. The Morgan fingerprint density at radius 1 is 1.33 bits per heavy atom. The van der Waals surface area contributed by atoms with Crippen molar-refractivity contribution in [2.45, 2.75) is 12.7 Å². The molecule has 0 atom stereocenters. The fourth-order valence-electron chi connectivity index (χ4n) is 0.368. The quantitative estimate of drug-likeness (QED) is 0.518. The highest BCUT2D eigenvalue weighted by molar-refractivity contribution is 6.01. The van der Waals surface area contributed by atoms with Gasteiger partial charge in [0.15, 0.2) is 5.41 Å². The summed E-state index contributed by atoms with van der Waals surface area (Å²) in [6.07, 6.45) is -5.73. The molecule has 1 fully saturated rings. The van der Waals surface area contributed by atoms with Gasteiger partial charge in [-0.25, -0.2) is 0 Å². The van der Waals surface area contributed by atoms with Crippen LogP contribution in [-0.4, -0.2) is 22.2 Å². The maximum Gasteiger partial charge on any atom is 0.321 e. The van der Waals surface area contributed by atoms with Gasteiger partial charge in [0.1, 0.15) is 0 Å². The molecule has 1 aliphatic carbocycles. The van der Waals surface area contributed by atoms with Crippen molar-refractivity contribution in [1.82, 2.24) is 0 Å². The van der Waals surface area contributed by atoms with E-state index in [1.807, 2.05) is 0 Å². The molecule has 0 bridgehead atoms. The van der Waals surface area contributed by atoms with Gasteiger partial charge >= 0.3 is 11.9 Å². The SMILES string of the molecule is [2H]C1([2H])C([2H])([2H])C1(C(=O)O)C(=O)O. The van der Waals surface area contributed by atoms with Gasteiger partial charge in [-0.05, 0) is 12.7 Å². The van der Waals surface area contributed by atoms with E-state index in [2.05, 4.69) is 0 Å². The number of aliphatic carboxylic acids is 2. The first-order chi connectivity index (χ1) is 5.64. The maximum atomic E-state index is 10.5. The van der Waals surface area contributed by atoms with Gasteiger partial charge in [0.25, 0.3) is 0 Å². The van der Waals surface area contributed by atoms with Crippen LogP contribution in [-0.2, 0) is 9.59 Å². The van der Waals surface area contributed by atoms with Crippen LogP contribution >= 0.6 is 0 Å². The molecule has 1 rings (SSSR count). The molecule has 50 valence electrons. The Hall–Kier alpha value is -1.06. The Morgan fingerprint density at radius 2 is 1.67 bits per heavy atom. The van der Waals surface area contributed by atoms with Crippen molar-refractivity contribution in [3.05, 3.63) is 0 Å². The number of carboxylic acids is 2. The van der Waals surface area contributed by atoms with Crippen molar-refractivity contribution < 1.29 is 25.3 Å². The second-order valence-electron chi connectivity index (χ2n) is 1.61. The lowest BCUT2D eigenvalue weighted by atomic mass is 10.1. The van der Waals surface area contributed by atoms with Crippen LogP contribution in [0, 0.1) is 5.41 Å². The molecule has 2 N–H and O–H groups in total. The molecule has 4 heteroatoms. The van der Waals surface area contributed by atoms with Gasteiger partial charge in [-0.1, -0.05) is 0 Å². The van der Waals surface area contributed by atoms with Crippen LogP contribution in [0.3, 0.4) is 0 Å². The molecule has 0 radical (unpaired) electrons. The van der Waals surface area contributed by atoms with Crippen molar-refractivity contribution in [2.24, 2.45) is 5.41 Å². The highest BCUT2D eigenvalue weighted by atomic mass is 16.4. The lowest BCUT2D eigenvalue weighted by Gasteiger charge is -1.99.